The predicted octanol–water partition coefficient (Wildman–Crippen LogP) is 7.08. The van der Waals surface area contributed by atoms with Gasteiger partial charge in [0.05, 0.1) is 27.2 Å². The molecule has 0 saturated carbocycles. The van der Waals surface area contributed by atoms with Crippen LogP contribution in [0.1, 0.15) is 16.7 Å². The van der Waals surface area contributed by atoms with Gasteiger partial charge in [-0.1, -0.05) is 68.4 Å². The molecule has 0 saturated heterocycles. The summed E-state index contributed by atoms with van der Waals surface area (Å²) in [6.07, 6.45) is 0.271. The number of rotatable bonds is 2. The molecule has 2 nitrogen and oxygen atoms in total. The third kappa shape index (κ3) is 3.20. The summed E-state index contributed by atoms with van der Waals surface area (Å²) in [5.74, 6) is 0. The summed E-state index contributed by atoms with van der Waals surface area (Å²) in [5, 5.41) is 10.00. The van der Waals surface area contributed by atoms with Gasteiger partial charge in [-0.2, -0.15) is 5.26 Å². The molecule has 0 unspecified atom stereocenters. The van der Waals surface area contributed by atoms with E-state index in [1.807, 2.05) is 18.2 Å². The maximum Gasteiger partial charge on any atom is 0.225 e. The van der Waals surface area contributed by atoms with Gasteiger partial charge in [0, 0.05) is 15.9 Å². The molecule has 7 heteroatoms. The van der Waals surface area contributed by atoms with Crippen molar-refractivity contribution in [1.29, 1.82) is 5.26 Å². The van der Waals surface area contributed by atoms with E-state index in [0.29, 0.717) is 10.6 Å². The van der Waals surface area contributed by atoms with Crippen LogP contribution in [0.2, 0.25) is 20.1 Å². The van der Waals surface area contributed by atoms with Crippen molar-refractivity contribution in [2.24, 2.45) is 0 Å². The fraction of sp³-hybridized carbons (Fsp3) is 0.0667. The molecule has 2 aromatic rings. The smallest absolute Gasteiger partial charge is 0.225 e. The van der Waals surface area contributed by atoms with Crippen molar-refractivity contribution < 1.29 is 0 Å². The van der Waals surface area contributed by atoms with Gasteiger partial charge >= 0.3 is 0 Å². The van der Waals surface area contributed by atoms with E-state index in [2.05, 4.69) is 20.8 Å². The van der Waals surface area contributed by atoms with E-state index < -0.39 is 0 Å². The Kier molecular flexibility index (Phi) is 5.61. The van der Waals surface area contributed by atoms with Crippen molar-refractivity contribution in [2.45, 2.75) is 6.42 Å². The van der Waals surface area contributed by atoms with Crippen molar-refractivity contribution >= 4 is 68.0 Å². The fourth-order valence-corrected chi connectivity index (χ4v) is 3.50. The Morgan fingerprint density at radius 2 is 1.82 bits per heavy atom. The third-order valence-corrected chi connectivity index (χ3v) is 5.10. The van der Waals surface area contributed by atoms with Gasteiger partial charge in [-0.25, -0.2) is 4.85 Å². The number of nitrogens with zero attached hydrogens (tertiary/aromatic N) is 2. The van der Waals surface area contributed by atoms with E-state index in [4.69, 9.17) is 53.0 Å². The average molecular weight is 435 g/mol. The molecule has 0 aliphatic heterocycles. The molecule has 0 fully saturated rings. The Hall–Kier alpha value is -0.940. The SMILES string of the molecule is [C-]#[N+]c1c(Cl)c(Cl)c(C#N)c(Cc2ccc(Br)cc2Cl)c1Cl. The lowest BCUT2D eigenvalue weighted by Gasteiger charge is -2.13. The van der Waals surface area contributed by atoms with Gasteiger partial charge in [-0.3, -0.25) is 0 Å². The summed E-state index contributed by atoms with van der Waals surface area (Å²) in [6, 6.07) is 7.37. The lowest BCUT2D eigenvalue weighted by molar-refractivity contribution is 1.18. The highest BCUT2D eigenvalue weighted by Crippen LogP contribution is 2.44. The standard InChI is InChI=1S/C15H5BrCl4N2/c1-22-15-13(19)9(10(6-21)12(18)14(15)20)4-7-2-3-8(16)5-11(7)17/h2-3,5H,4H2. The minimum absolute atomic E-state index is 0.0103. The first kappa shape index (κ1) is 17.4. The van der Waals surface area contributed by atoms with Gasteiger partial charge in [0.2, 0.25) is 5.69 Å². The number of benzene rings is 2. The van der Waals surface area contributed by atoms with Gasteiger partial charge in [-0.15, -0.1) is 0 Å². The fourth-order valence-electron chi connectivity index (χ4n) is 1.93. The first-order chi connectivity index (χ1) is 10.4. The van der Waals surface area contributed by atoms with Crippen molar-refractivity contribution in [1.82, 2.24) is 0 Å². The summed E-state index contributed by atoms with van der Waals surface area (Å²) in [7, 11) is 0. The molecular weight excluding hydrogens is 430 g/mol. The van der Waals surface area contributed by atoms with E-state index in [1.54, 1.807) is 6.07 Å². The molecule has 0 N–H and O–H groups in total. The first-order valence-corrected chi connectivity index (χ1v) is 8.12. The van der Waals surface area contributed by atoms with E-state index in [0.717, 1.165) is 10.0 Å². The minimum atomic E-state index is -0.0103. The number of hydrogen-bond acceptors (Lipinski definition) is 1. The molecule has 0 aliphatic rings. The topological polar surface area (TPSA) is 28.1 Å². The van der Waals surface area contributed by atoms with Crippen LogP contribution in [0.4, 0.5) is 5.69 Å². The molecule has 0 heterocycles. The molecule has 0 atom stereocenters. The Morgan fingerprint density at radius 3 is 2.36 bits per heavy atom. The highest BCUT2D eigenvalue weighted by Gasteiger charge is 2.22. The maximum atomic E-state index is 9.33. The van der Waals surface area contributed by atoms with E-state index in [9.17, 15) is 5.26 Å². The molecule has 2 aromatic carbocycles. The number of hydrogen-bond donors (Lipinski definition) is 0. The molecule has 22 heavy (non-hydrogen) atoms. The van der Waals surface area contributed by atoms with Crippen LogP contribution in [-0.2, 0) is 6.42 Å². The van der Waals surface area contributed by atoms with Crippen LogP contribution < -0.4 is 0 Å². The largest absolute Gasteiger partial charge is 0.235 e. The van der Waals surface area contributed by atoms with Crippen LogP contribution in [-0.4, -0.2) is 0 Å². The van der Waals surface area contributed by atoms with Crippen LogP contribution >= 0.6 is 62.3 Å². The molecule has 0 aliphatic carbocycles. The van der Waals surface area contributed by atoms with Crippen molar-refractivity contribution in [3.8, 4) is 6.07 Å². The zero-order chi connectivity index (χ0) is 16.4. The minimum Gasteiger partial charge on any atom is -0.235 e. The molecule has 0 spiro atoms. The lowest BCUT2D eigenvalue weighted by atomic mass is 9.99. The van der Waals surface area contributed by atoms with E-state index in [-0.39, 0.29) is 32.7 Å². The van der Waals surface area contributed by atoms with Crippen LogP contribution in [0.3, 0.4) is 0 Å². The second-order valence-corrected chi connectivity index (χ2v) is 6.74. The van der Waals surface area contributed by atoms with Gasteiger partial charge in [0.1, 0.15) is 6.07 Å². The molecule has 2 rings (SSSR count). The third-order valence-electron chi connectivity index (χ3n) is 3.00. The van der Waals surface area contributed by atoms with Crippen LogP contribution in [0.15, 0.2) is 22.7 Å². The quantitative estimate of drug-likeness (QED) is 0.366. The summed E-state index contributed by atoms with van der Waals surface area (Å²) in [6.45, 7) is 7.18. The first-order valence-electron chi connectivity index (χ1n) is 5.81. The van der Waals surface area contributed by atoms with Crippen molar-refractivity contribution in [3.63, 3.8) is 0 Å². The van der Waals surface area contributed by atoms with Gasteiger partial charge in [0.15, 0.2) is 0 Å². The average Bonchev–Trinajstić information content (AvgIpc) is 2.48. The van der Waals surface area contributed by atoms with Crippen molar-refractivity contribution in [2.75, 3.05) is 0 Å². The predicted molar refractivity (Wildman–Crippen MR) is 94.4 cm³/mol. The zero-order valence-electron chi connectivity index (χ0n) is 10.7. The summed E-state index contributed by atoms with van der Waals surface area (Å²) in [4.78, 5) is 3.30. The second kappa shape index (κ2) is 7.09. The van der Waals surface area contributed by atoms with Crippen molar-refractivity contribution in [3.05, 3.63) is 70.9 Å². The Balaban J connectivity index is 2.68. The highest BCUT2D eigenvalue weighted by molar-refractivity contribution is 9.10. The Morgan fingerprint density at radius 1 is 1.14 bits per heavy atom. The van der Waals surface area contributed by atoms with E-state index >= 15 is 0 Å². The monoisotopic (exact) mass is 432 g/mol. The van der Waals surface area contributed by atoms with Crippen LogP contribution in [0.5, 0.6) is 0 Å². The molecular formula is C15H5BrCl4N2. The van der Waals surface area contributed by atoms with E-state index in [1.165, 1.54) is 0 Å². The zero-order valence-corrected chi connectivity index (χ0v) is 15.3. The van der Waals surface area contributed by atoms with Gasteiger partial charge in [0.25, 0.3) is 0 Å². The molecule has 110 valence electrons. The van der Waals surface area contributed by atoms with Gasteiger partial charge < -0.3 is 0 Å². The summed E-state index contributed by atoms with van der Waals surface area (Å²) < 4.78 is 0.837. The Bertz CT molecular complexity index is 850. The molecule has 0 amide bonds. The summed E-state index contributed by atoms with van der Waals surface area (Å²) in [5.41, 5.74) is 1.39. The lowest BCUT2D eigenvalue weighted by Crippen LogP contribution is -1.97. The molecule has 0 aromatic heterocycles. The van der Waals surface area contributed by atoms with Crippen LogP contribution in [0.25, 0.3) is 4.85 Å². The van der Waals surface area contributed by atoms with Crippen LogP contribution in [0, 0.1) is 17.9 Å². The highest BCUT2D eigenvalue weighted by atomic mass is 79.9. The maximum absolute atomic E-state index is 9.33. The number of halogens is 5. The number of nitriles is 1. The molecule has 0 bridgehead atoms. The summed E-state index contributed by atoms with van der Waals surface area (Å²) >= 11 is 27.9. The Labute approximate surface area is 156 Å². The normalized spacial score (nSPS) is 10.1. The van der Waals surface area contributed by atoms with Gasteiger partial charge in [-0.05, 0) is 23.3 Å². The second-order valence-electron chi connectivity index (χ2n) is 4.28. The molecule has 0 radical (unpaired) electrons.